The number of ether oxygens (including phenoxy) is 3. The average molecular weight is 458 g/mol. The molecule has 2 aromatic heterocycles. The molecule has 1 aromatic carbocycles. The fourth-order valence-electron chi connectivity index (χ4n) is 3.89. The molecule has 1 aliphatic rings. The molecule has 1 N–H and O–H groups in total. The highest BCUT2D eigenvalue weighted by atomic mass is 32.1. The zero-order chi connectivity index (χ0) is 22.7. The van der Waals surface area contributed by atoms with Crippen molar-refractivity contribution in [3.05, 3.63) is 50.4 Å². The number of amides is 1. The molecular formula is C23H27N3O5S. The molecule has 0 radical (unpaired) electrons. The van der Waals surface area contributed by atoms with Gasteiger partial charge in [0.05, 0.1) is 19.8 Å². The van der Waals surface area contributed by atoms with Crippen molar-refractivity contribution in [2.24, 2.45) is 0 Å². The lowest BCUT2D eigenvalue weighted by atomic mass is 10.1. The fourth-order valence-corrected chi connectivity index (χ4v) is 5.05. The SMILES string of the molecule is CCOc1cc(CNC(=O)c2cnc3sc4c(n3c2=O)CCC4)cc(OCC)c1OCC. The van der Waals surface area contributed by atoms with Crippen LogP contribution in [0.2, 0.25) is 0 Å². The van der Waals surface area contributed by atoms with Gasteiger partial charge in [-0.15, -0.1) is 11.3 Å². The Kier molecular flexibility index (Phi) is 6.64. The van der Waals surface area contributed by atoms with Crippen molar-refractivity contribution >= 4 is 22.2 Å². The van der Waals surface area contributed by atoms with Crippen LogP contribution in [0.15, 0.2) is 23.1 Å². The molecular weight excluding hydrogens is 430 g/mol. The monoisotopic (exact) mass is 457 g/mol. The van der Waals surface area contributed by atoms with Gasteiger partial charge in [-0.2, -0.15) is 0 Å². The minimum atomic E-state index is -0.459. The number of carbonyl (C=O) groups excluding carboxylic acids is 1. The summed E-state index contributed by atoms with van der Waals surface area (Å²) in [5.74, 6) is 1.20. The number of thiazole rings is 1. The Morgan fingerprint density at radius 1 is 1.09 bits per heavy atom. The van der Waals surface area contributed by atoms with Gasteiger partial charge in [-0.3, -0.25) is 14.0 Å². The highest BCUT2D eigenvalue weighted by molar-refractivity contribution is 7.17. The number of nitrogens with zero attached hydrogens (tertiary/aromatic N) is 2. The Hall–Kier alpha value is -3.07. The lowest BCUT2D eigenvalue weighted by Crippen LogP contribution is -2.31. The molecule has 170 valence electrons. The molecule has 32 heavy (non-hydrogen) atoms. The maximum absolute atomic E-state index is 13.0. The molecule has 4 rings (SSSR count). The van der Waals surface area contributed by atoms with Gasteiger partial charge in [-0.05, 0) is 57.7 Å². The van der Waals surface area contributed by atoms with Crippen LogP contribution in [0.3, 0.4) is 0 Å². The Morgan fingerprint density at radius 3 is 2.44 bits per heavy atom. The quantitative estimate of drug-likeness (QED) is 0.530. The molecule has 3 aromatic rings. The number of benzene rings is 1. The number of fused-ring (bicyclic) bond motifs is 3. The van der Waals surface area contributed by atoms with Gasteiger partial charge < -0.3 is 19.5 Å². The van der Waals surface area contributed by atoms with Crippen molar-refractivity contribution in [2.45, 2.75) is 46.6 Å². The smallest absolute Gasteiger partial charge is 0.271 e. The van der Waals surface area contributed by atoms with Crippen LogP contribution in [0.25, 0.3) is 4.96 Å². The van der Waals surface area contributed by atoms with Crippen molar-refractivity contribution in [3.8, 4) is 17.2 Å². The molecule has 0 aliphatic heterocycles. The molecule has 1 aliphatic carbocycles. The summed E-state index contributed by atoms with van der Waals surface area (Å²) in [7, 11) is 0. The third-order valence-electron chi connectivity index (χ3n) is 5.22. The first-order valence-electron chi connectivity index (χ1n) is 10.9. The van der Waals surface area contributed by atoms with E-state index in [-0.39, 0.29) is 17.7 Å². The third kappa shape index (κ3) is 4.17. The van der Waals surface area contributed by atoms with Crippen LogP contribution < -0.4 is 25.1 Å². The number of hydrogen-bond acceptors (Lipinski definition) is 7. The fraction of sp³-hybridized carbons (Fsp3) is 0.435. The molecule has 0 fully saturated rings. The summed E-state index contributed by atoms with van der Waals surface area (Å²) in [5.41, 5.74) is 1.49. The summed E-state index contributed by atoms with van der Waals surface area (Å²) >= 11 is 1.53. The predicted octanol–water partition coefficient (Wildman–Crippen LogP) is 3.37. The van der Waals surface area contributed by atoms with E-state index in [9.17, 15) is 9.59 Å². The van der Waals surface area contributed by atoms with Crippen LogP contribution in [0.1, 0.15) is 53.7 Å². The second-order valence-corrected chi connectivity index (χ2v) is 8.39. The zero-order valence-electron chi connectivity index (χ0n) is 18.5. The van der Waals surface area contributed by atoms with Crippen LogP contribution in [-0.2, 0) is 19.4 Å². The predicted molar refractivity (Wildman–Crippen MR) is 122 cm³/mol. The van der Waals surface area contributed by atoms with E-state index < -0.39 is 5.91 Å². The van der Waals surface area contributed by atoms with Gasteiger partial charge in [0.2, 0.25) is 5.75 Å². The number of carbonyl (C=O) groups is 1. The van der Waals surface area contributed by atoms with E-state index >= 15 is 0 Å². The first-order chi connectivity index (χ1) is 15.6. The van der Waals surface area contributed by atoms with Crippen molar-refractivity contribution < 1.29 is 19.0 Å². The molecule has 8 nitrogen and oxygen atoms in total. The van der Waals surface area contributed by atoms with E-state index in [0.717, 1.165) is 30.5 Å². The Bertz CT molecular complexity index is 1170. The third-order valence-corrected chi connectivity index (χ3v) is 6.38. The van der Waals surface area contributed by atoms with Gasteiger partial charge in [0.15, 0.2) is 16.5 Å². The number of rotatable bonds is 9. The number of hydrogen-bond donors (Lipinski definition) is 1. The lowest BCUT2D eigenvalue weighted by molar-refractivity contribution is 0.0948. The molecule has 0 spiro atoms. The molecule has 2 heterocycles. The van der Waals surface area contributed by atoms with E-state index in [1.54, 1.807) is 4.40 Å². The van der Waals surface area contributed by atoms with Crippen molar-refractivity contribution in [3.63, 3.8) is 0 Å². The largest absolute Gasteiger partial charge is 0.490 e. The summed E-state index contributed by atoms with van der Waals surface area (Å²) in [6, 6.07) is 3.63. The maximum Gasteiger partial charge on any atom is 0.271 e. The van der Waals surface area contributed by atoms with E-state index in [0.29, 0.717) is 42.0 Å². The topological polar surface area (TPSA) is 91.2 Å². The summed E-state index contributed by atoms with van der Waals surface area (Å²) in [6.07, 6.45) is 4.21. The number of aryl methyl sites for hydroxylation is 2. The maximum atomic E-state index is 13.0. The second-order valence-electron chi connectivity index (χ2n) is 7.32. The van der Waals surface area contributed by atoms with E-state index in [1.165, 1.54) is 22.4 Å². The van der Waals surface area contributed by atoms with Gasteiger partial charge in [0.25, 0.3) is 11.5 Å². The van der Waals surface area contributed by atoms with Gasteiger partial charge in [0.1, 0.15) is 5.56 Å². The van der Waals surface area contributed by atoms with Crippen molar-refractivity contribution in [1.82, 2.24) is 14.7 Å². The standard InChI is InChI=1S/C23H27N3O5S/c1-4-29-17-10-14(11-18(30-5-2)20(17)31-6-3)12-24-21(27)15-13-25-23-26(22(15)28)16-8-7-9-19(16)32-23/h10-11,13H,4-9,12H2,1-3H3,(H,24,27). The molecule has 0 atom stereocenters. The number of aromatic nitrogens is 2. The highest BCUT2D eigenvalue weighted by Crippen LogP contribution is 2.39. The van der Waals surface area contributed by atoms with E-state index in [2.05, 4.69) is 10.3 Å². The van der Waals surface area contributed by atoms with Crippen LogP contribution in [-0.4, -0.2) is 35.1 Å². The second kappa shape index (κ2) is 9.60. The summed E-state index contributed by atoms with van der Waals surface area (Å²) in [4.78, 5) is 32.0. The average Bonchev–Trinajstić information content (AvgIpc) is 3.36. The Balaban J connectivity index is 1.58. The Labute approximate surface area is 190 Å². The van der Waals surface area contributed by atoms with Gasteiger partial charge in [0, 0.05) is 23.3 Å². The molecule has 1 amide bonds. The molecule has 9 heteroatoms. The molecule has 0 saturated carbocycles. The zero-order valence-corrected chi connectivity index (χ0v) is 19.3. The van der Waals surface area contributed by atoms with Gasteiger partial charge in [-0.1, -0.05) is 0 Å². The normalized spacial score (nSPS) is 12.6. The van der Waals surface area contributed by atoms with Crippen LogP contribution in [0, 0.1) is 0 Å². The molecule has 0 saturated heterocycles. The lowest BCUT2D eigenvalue weighted by Gasteiger charge is -2.17. The van der Waals surface area contributed by atoms with Gasteiger partial charge >= 0.3 is 0 Å². The number of nitrogens with one attached hydrogen (secondary N) is 1. The van der Waals surface area contributed by atoms with E-state index in [1.807, 2.05) is 32.9 Å². The molecule has 0 bridgehead atoms. The minimum absolute atomic E-state index is 0.0380. The van der Waals surface area contributed by atoms with Crippen molar-refractivity contribution in [2.75, 3.05) is 19.8 Å². The summed E-state index contributed by atoms with van der Waals surface area (Å²) < 4.78 is 18.8. The van der Waals surface area contributed by atoms with Gasteiger partial charge in [-0.25, -0.2) is 4.98 Å². The molecule has 0 unspecified atom stereocenters. The van der Waals surface area contributed by atoms with Crippen LogP contribution in [0.5, 0.6) is 17.2 Å². The first kappa shape index (κ1) is 22.1. The first-order valence-corrected chi connectivity index (χ1v) is 11.7. The van der Waals surface area contributed by atoms with Crippen molar-refractivity contribution in [1.29, 1.82) is 0 Å². The van der Waals surface area contributed by atoms with Crippen LogP contribution >= 0.6 is 11.3 Å². The van der Waals surface area contributed by atoms with E-state index in [4.69, 9.17) is 14.2 Å². The minimum Gasteiger partial charge on any atom is -0.490 e. The Morgan fingerprint density at radius 2 is 1.78 bits per heavy atom. The summed E-state index contributed by atoms with van der Waals surface area (Å²) in [5, 5.41) is 2.83. The summed E-state index contributed by atoms with van der Waals surface area (Å²) in [6.45, 7) is 7.29. The van der Waals surface area contributed by atoms with Crippen LogP contribution in [0.4, 0.5) is 0 Å². The highest BCUT2D eigenvalue weighted by Gasteiger charge is 2.22.